The molecule has 0 saturated carbocycles. The van der Waals surface area contributed by atoms with Crippen molar-refractivity contribution >= 4 is 27.7 Å². The Morgan fingerprint density at radius 3 is 2.52 bits per heavy atom. The number of rotatable bonds is 6. The minimum atomic E-state index is -0.655. The van der Waals surface area contributed by atoms with Crippen LogP contribution in [0.3, 0.4) is 0 Å². The highest BCUT2D eigenvalue weighted by Gasteiger charge is 2.17. The molecule has 1 aromatic heterocycles. The Morgan fingerprint density at radius 2 is 1.92 bits per heavy atom. The fourth-order valence-corrected chi connectivity index (χ4v) is 2.37. The van der Waals surface area contributed by atoms with Gasteiger partial charge in [0, 0.05) is 17.2 Å². The Hall–Kier alpha value is -2.48. The smallest absolute Gasteiger partial charge is 0.287 e. The van der Waals surface area contributed by atoms with Gasteiger partial charge in [-0.1, -0.05) is 35.0 Å². The van der Waals surface area contributed by atoms with E-state index in [4.69, 9.17) is 0 Å². The number of hydrogen-bond donors (Lipinski definition) is 3. The third-order valence-electron chi connectivity index (χ3n) is 3.51. The van der Waals surface area contributed by atoms with Crippen LogP contribution in [-0.4, -0.2) is 28.3 Å². The van der Waals surface area contributed by atoms with Crippen LogP contribution in [0.4, 0.5) is 0 Å². The molecule has 0 bridgehead atoms. The van der Waals surface area contributed by atoms with Gasteiger partial charge in [-0.2, -0.15) is 0 Å². The summed E-state index contributed by atoms with van der Waals surface area (Å²) in [5.41, 5.74) is 0.102. The molecule has 2 aromatic rings. The lowest BCUT2D eigenvalue weighted by molar-refractivity contribution is 0.0924. The largest absolute Gasteiger partial charge is 0.349 e. The van der Waals surface area contributed by atoms with Crippen molar-refractivity contribution in [3.8, 4) is 0 Å². The highest BCUT2D eigenvalue weighted by Crippen LogP contribution is 2.16. The zero-order chi connectivity index (χ0) is 18.4. The molecule has 0 aliphatic rings. The average molecular weight is 407 g/mol. The van der Waals surface area contributed by atoms with Crippen molar-refractivity contribution in [3.05, 3.63) is 62.2 Å². The van der Waals surface area contributed by atoms with Crippen LogP contribution in [0.1, 0.15) is 52.9 Å². The van der Waals surface area contributed by atoms with Crippen molar-refractivity contribution in [1.29, 1.82) is 0 Å². The first kappa shape index (κ1) is 18.9. The second-order valence-corrected chi connectivity index (χ2v) is 6.39. The van der Waals surface area contributed by atoms with Gasteiger partial charge in [-0.3, -0.25) is 14.4 Å². The standard InChI is InChI=1S/C17H19BrN4O3/c1-3-8-19-17(25)14-20-9-13(16(24)22-14)15(23)21-10(2)11-4-6-12(18)7-5-11/h4-7,9-10H,3,8H2,1-2H3,(H,19,25)(H,21,23)(H,20,22,24)/t10-/m1/s1. The fourth-order valence-electron chi connectivity index (χ4n) is 2.10. The van der Waals surface area contributed by atoms with E-state index in [0.29, 0.717) is 6.54 Å². The lowest BCUT2D eigenvalue weighted by Crippen LogP contribution is -2.34. The molecule has 0 unspecified atom stereocenters. The Bertz CT molecular complexity index is 817. The molecule has 0 saturated heterocycles. The molecule has 0 aliphatic carbocycles. The minimum Gasteiger partial charge on any atom is -0.349 e. The van der Waals surface area contributed by atoms with Gasteiger partial charge < -0.3 is 15.6 Å². The van der Waals surface area contributed by atoms with Crippen LogP contribution in [0.25, 0.3) is 0 Å². The predicted octanol–water partition coefficient (Wildman–Crippen LogP) is 2.16. The maximum Gasteiger partial charge on any atom is 0.287 e. The molecule has 3 N–H and O–H groups in total. The van der Waals surface area contributed by atoms with Crippen LogP contribution in [0.15, 0.2) is 39.7 Å². The molecule has 132 valence electrons. The summed E-state index contributed by atoms with van der Waals surface area (Å²) in [5, 5.41) is 5.35. The van der Waals surface area contributed by atoms with Gasteiger partial charge in [0.05, 0.1) is 6.04 Å². The first-order valence-corrected chi connectivity index (χ1v) is 8.65. The van der Waals surface area contributed by atoms with Gasteiger partial charge in [0.15, 0.2) is 5.82 Å². The van der Waals surface area contributed by atoms with Crippen LogP contribution < -0.4 is 16.2 Å². The summed E-state index contributed by atoms with van der Waals surface area (Å²) in [5.74, 6) is -1.14. The number of amides is 2. The molecule has 2 rings (SSSR count). The number of H-pyrrole nitrogens is 1. The number of halogens is 1. The summed E-state index contributed by atoms with van der Waals surface area (Å²) < 4.78 is 0.937. The number of aromatic nitrogens is 2. The molecule has 25 heavy (non-hydrogen) atoms. The maximum atomic E-state index is 12.3. The number of benzene rings is 1. The van der Waals surface area contributed by atoms with Gasteiger partial charge in [0.2, 0.25) is 0 Å². The van der Waals surface area contributed by atoms with Gasteiger partial charge in [-0.05, 0) is 31.0 Å². The van der Waals surface area contributed by atoms with Gasteiger partial charge in [0.1, 0.15) is 5.56 Å². The second-order valence-electron chi connectivity index (χ2n) is 5.48. The van der Waals surface area contributed by atoms with E-state index in [1.165, 1.54) is 0 Å². The summed E-state index contributed by atoms with van der Waals surface area (Å²) in [7, 11) is 0. The van der Waals surface area contributed by atoms with Crippen molar-refractivity contribution in [3.63, 3.8) is 0 Å². The first-order chi connectivity index (χ1) is 11.9. The predicted molar refractivity (Wildman–Crippen MR) is 97.5 cm³/mol. The summed E-state index contributed by atoms with van der Waals surface area (Å²) in [6, 6.07) is 7.20. The molecule has 1 atom stereocenters. The van der Waals surface area contributed by atoms with Crippen molar-refractivity contribution in [2.75, 3.05) is 6.54 Å². The van der Waals surface area contributed by atoms with E-state index in [0.717, 1.165) is 22.7 Å². The van der Waals surface area contributed by atoms with Crippen LogP contribution in [0, 0.1) is 0 Å². The van der Waals surface area contributed by atoms with Crippen LogP contribution in [0.5, 0.6) is 0 Å². The third-order valence-corrected chi connectivity index (χ3v) is 4.04. The molecular formula is C17H19BrN4O3. The molecule has 7 nitrogen and oxygen atoms in total. The molecule has 0 radical (unpaired) electrons. The monoisotopic (exact) mass is 406 g/mol. The van der Waals surface area contributed by atoms with Crippen molar-refractivity contribution < 1.29 is 9.59 Å². The number of nitrogens with one attached hydrogen (secondary N) is 3. The maximum absolute atomic E-state index is 12.3. The van der Waals surface area contributed by atoms with E-state index in [2.05, 4.69) is 36.5 Å². The summed E-state index contributed by atoms with van der Waals surface area (Å²) >= 11 is 3.35. The Balaban J connectivity index is 2.10. The van der Waals surface area contributed by atoms with E-state index in [1.54, 1.807) is 0 Å². The zero-order valence-corrected chi connectivity index (χ0v) is 15.5. The number of nitrogens with zero attached hydrogens (tertiary/aromatic N) is 1. The van der Waals surface area contributed by atoms with Crippen LogP contribution >= 0.6 is 15.9 Å². The fraction of sp³-hybridized carbons (Fsp3) is 0.294. The van der Waals surface area contributed by atoms with Gasteiger partial charge >= 0.3 is 0 Å². The Kier molecular flexibility index (Phi) is 6.46. The van der Waals surface area contributed by atoms with Crippen LogP contribution in [0.2, 0.25) is 0 Å². The molecule has 1 heterocycles. The van der Waals surface area contributed by atoms with E-state index in [9.17, 15) is 14.4 Å². The van der Waals surface area contributed by atoms with E-state index < -0.39 is 17.4 Å². The molecule has 8 heteroatoms. The average Bonchev–Trinajstić information content (AvgIpc) is 2.59. The number of hydrogen-bond acceptors (Lipinski definition) is 4. The Morgan fingerprint density at radius 1 is 1.24 bits per heavy atom. The molecule has 0 fully saturated rings. The topological polar surface area (TPSA) is 104 Å². The van der Waals surface area contributed by atoms with Gasteiger partial charge in [0.25, 0.3) is 17.4 Å². The number of carbonyl (C=O) groups excluding carboxylic acids is 2. The quantitative estimate of drug-likeness (QED) is 0.683. The third kappa shape index (κ3) is 4.99. The summed E-state index contributed by atoms with van der Waals surface area (Å²) in [4.78, 5) is 42.4. The molecule has 0 spiro atoms. The molecular weight excluding hydrogens is 388 g/mol. The van der Waals surface area contributed by atoms with Gasteiger partial charge in [-0.25, -0.2) is 4.98 Å². The van der Waals surface area contributed by atoms with Crippen molar-refractivity contribution in [1.82, 2.24) is 20.6 Å². The number of aromatic amines is 1. The number of carbonyl (C=O) groups is 2. The lowest BCUT2D eigenvalue weighted by Gasteiger charge is -2.14. The van der Waals surface area contributed by atoms with E-state index in [1.807, 2.05) is 38.1 Å². The summed E-state index contributed by atoms with van der Waals surface area (Å²) in [6.45, 7) is 4.21. The van der Waals surface area contributed by atoms with E-state index >= 15 is 0 Å². The molecule has 0 aliphatic heterocycles. The molecule has 2 amide bonds. The zero-order valence-electron chi connectivity index (χ0n) is 13.9. The SMILES string of the molecule is CCCNC(=O)c1ncc(C(=O)N[C@H](C)c2ccc(Br)cc2)c(=O)[nH]1. The van der Waals surface area contributed by atoms with Gasteiger partial charge in [-0.15, -0.1) is 0 Å². The van der Waals surface area contributed by atoms with Crippen molar-refractivity contribution in [2.45, 2.75) is 26.3 Å². The van der Waals surface area contributed by atoms with Crippen molar-refractivity contribution in [2.24, 2.45) is 0 Å². The minimum absolute atomic E-state index is 0.115. The van der Waals surface area contributed by atoms with Crippen LogP contribution in [-0.2, 0) is 0 Å². The highest BCUT2D eigenvalue weighted by molar-refractivity contribution is 9.10. The first-order valence-electron chi connectivity index (χ1n) is 7.86. The lowest BCUT2D eigenvalue weighted by atomic mass is 10.1. The summed E-state index contributed by atoms with van der Waals surface area (Å²) in [6.07, 6.45) is 1.88. The second kappa shape index (κ2) is 8.57. The highest BCUT2D eigenvalue weighted by atomic mass is 79.9. The van der Waals surface area contributed by atoms with E-state index in [-0.39, 0.29) is 17.4 Å². The normalized spacial score (nSPS) is 11.6. The molecule has 1 aromatic carbocycles. The Labute approximate surface area is 153 Å².